The minimum absolute atomic E-state index is 0.176. The van der Waals surface area contributed by atoms with Crippen LogP contribution in [0.25, 0.3) is 0 Å². The van der Waals surface area contributed by atoms with Crippen molar-refractivity contribution in [1.29, 1.82) is 0 Å². The van der Waals surface area contributed by atoms with Gasteiger partial charge in [0.25, 0.3) is 0 Å². The third-order valence-corrected chi connectivity index (χ3v) is 2.82. The van der Waals surface area contributed by atoms with Crippen molar-refractivity contribution in [3.63, 3.8) is 0 Å². The van der Waals surface area contributed by atoms with E-state index in [1.807, 2.05) is 0 Å². The molecule has 2 heterocycles. The molecule has 1 N–H and O–H groups in total. The smallest absolute Gasteiger partial charge is 0.302 e. The molecular formula is C10H15NO2. The summed E-state index contributed by atoms with van der Waals surface area (Å²) in [5, 5.41) is 3.41. The number of hydrogen-bond donors (Lipinski definition) is 1. The van der Waals surface area contributed by atoms with Crippen LogP contribution in [-0.4, -0.2) is 25.2 Å². The van der Waals surface area contributed by atoms with Gasteiger partial charge in [0.1, 0.15) is 0 Å². The molecule has 3 heteroatoms. The normalized spacial score (nSPS) is 36.2. The van der Waals surface area contributed by atoms with Crippen molar-refractivity contribution in [1.82, 2.24) is 5.32 Å². The van der Waals surface area contributed by atoms with E-state index >= 15 is 0 Å². The van der Waals surface area contributed by atoms with Crippen LogP contribution in [0.1, 0.15) is 13.3 Å². The summed E-state index contributed by atoms with van der Waals surface area (Å²) in [6.45, 7) is 3.11. The van der Waals surface area contributed by atoms with E-state index in [0.29, 0.717) is 24.5 Å². The van der Waals surface area contributed by atoms with Gasteiger partial charge in [-0.25, -0.2) is 0 Å². The molecule has 0 aromatic rings. The fourth-order valence-electron chi connectivity index (χ4n) is 2.12. The summed E-state index contributed by atoms with van der Waals surface area (Å²) in [4.78, 5) is 10.6. The van der Waals surface area contributed by atoms with Crippen LogP contribution in [0.5, 0.6) is 0 Å². The largest absolute Gasteiger partial charge is 0.466 e. The second-order valence-corrected chi connectivity index (χ2v) is 3.88. The number of fused-ring (bicyclic) bond motifs is 2. The minimum atomic E-state index is -0.176. The highest BCUT2D eigenvalue weighted by molar-refractivity contribution is 5.65. The predicted octanol–water partition coefficient (Wildman–Crippen LogP) is 0.714. The van der Waals surface area contributed by atoms with Gasteiger partial charge in [-0.1, -0.05) is 12.2 Å². The van der Waals surface area contributed by atoms with Gasteiger partial charge in [0.2, 0.25) is 0 Å². The van der Waals surface area contributed by atoms with E-state index in [1.54, 1.807) is 0 Å². The van der Waals surface area contributed by atoms with Crippen LogP contribution >= 0.6 is 0 Å². The molecule has 2 bridgehead atoms. The standard InChI is InChI=1S/C10H15NO2/c1-7(12)13-6-9-4-8-2-3-10(9)11-5-8/h2-3,8-11H,4-6H2,1H3. The number of hydrogen-bond acceptors (Lipinski definition) is 3. The fraction of sp³-hybridized carbons (Fsp3) is 0.700. The molecule has 2 aliphatic heterocycles. The molecular weight excluding hydrogens is 166 g/mol. The summed E-state index contributed by atoms with van der Waals surface area (Å²) >= 11 is 0. The Balaban J connectivity index is 1.88. The van der Waals surface area contributed by atoms with Gasteiger partial charge in [0, 0.05) is 25.4 Å². The van der Waals surface area contributed by atoms with Gasteiger partial charge in [0.15, 0.2) is 0 Å². The molecule has 0 amide bonds. The van der Waals surface area contributed by atoms with Crippen molar-refractivity contribution in [3.8, 4) is 0 Å². The van der Waals surface area contributed by atoms with Crippen LogP contribution in [0.4, 0.5) is 0 Å². The SMILES string of the molecule is CC(=O)OCC1CC2C=CC1NC2. The monoisotopic (exact) mass is 181 g/mol. The zero-order chi connectivity index (χ0) is 9.26. The zero-order valence-electron chi connectivity index (χ0n) is 7.82. The second kappa shape index (κ2) is 3.50. The first-order valence-electron chi connectivity index (χ1n) is 4.81. The minimum Gasteiger partial charge on any atom is -0.466 e. The highest BCUT2D eigenvalue weighted by atomic mass is 16.5. The third kappa shape index (κ3) is 1.91. The number of rotatable bonds is 2. The predicted molar refractivity (Wildman–Crippen MR) is 49.2 cm³/mol. The van der Waals surface area contributed by atoms with E-state index in [1.165, 1.54) is 6.92 Å². The summed E-state index contributed by atoms with van der Waals surface area (Å²) in [7, 11) is 0. The number of ether oxygens (including phenoxy) is 1. The average Bonchev–Trinajstić information content (AvgIpc) is 2.17. The molecule has 0 spiro atoms. The molecule has 0 aromatic carbocycles. The van der Waals surface area contributed by atoms with Crippen LogP contribution < -0.4 is 5.32 Å². The Morgan fingerprint density at radius 3 is 2.92 bits per heavy atom. The third-order valence-electron chi connectivity index (χ3n) is 2.82. The molecule has 0 radical (unpaired) electrons. The molecule has 1 fully saturated rings. The Bertz CT molecular complexity index is 237. The van der Waals surface area contributed by atoms with Crippen LogP contribution in [0.3, 0.4) is 0 Å². The Hall–Kier alpha value is -0.830. The van der Waals surface area contributed by atoms with Crippen molar-refractivity contribution in [2.24, 2.45) is 11.8 Å². The Morgan fingerprint density at radius 2 is 2.46 bits per heavy atom. The Labute approximate surface area is 78.1 Å². The summed E-state index contributed by atoms with van der Waals surface area (Å²) in [5.41, 5.74) is 0. The van der Waals surface area contributed by atoms with Crippen molar-refractivity contribution >= 4 is 5.97 Å². The Morgan fingerprint density at radius 1 is 1.62 bits per heavy atom. The first kappa shape index (κ1) is 8.75. The Kier molecular flexibility index (Phi) is 2.36. The van der Waals surface area contributed by atoms with Gasteiger partial charge in [0.05, 0.1) is 6.61 Å². The first-order chi connectivity index (χ1) is 6.25. The van der Waals surface area contributed by atoms with Gasteiger partial charge in [-0.15, -0.1) is 0 Å². The van der Waals surface area contributed by atoms with E-state index in [9.17, 15) is 4.79 Å². The lowest BCUT2D eigenvalue weighted by Crippen LogP contribution is -2.48. The molecule has 3 aliphatic rings. The van der Waals surface area contributed by atoms with E-state index in [0.717, 1.165) is 13.0 Å². The van der Waals surface area contributed by atoms with Gasteiger partial charge >= 0.3 is 5.97 Å². The molecule has 3 nitrogen and oxygen atoms in total. The summed E-state index contributed by atoms with van der Waals surface area (Å²) in [6.07, 6.45) is 5.62. The number of esters is 1. The van der Waals surface area contributed by atoms with E-state index < -0.39 is 0 Å². The van der Waals surface area contributed by atoms with Crippen molar-refractivity contribution < 1.29 is 9.53 Å². The van der Waals surface area contributed by atoms with Crippen LogP contribution in [-0.2, 0) is 9.53 Å². The molecule has 3 atom stereocenters. The number of piperidine rings is 1. The first-order valence-corrected chi connectivity index (χ1v) is 4.81. The summed E-state index contributed by atoms with van der Waals surface area (Å²) in [6, 6.07) is 0.421. The van der Waals surface area contributed by atoms with Crippen LogP contribution in [0.15, 0.2) is 12.2 Å². The van der Waals surface area contributed by atoms with Gasteiger partial charge < -0.3 is 10.1 Å². The highest BCUT2D eigenvalue weighted by Gasteiger charge is 2.31. The number of nitrogens with one attached hydrogen (secondary N) is 1. The molecule has 0 saturated carbocycles. The van der Waals surface area contributed by atoms with Crippen LogP contribution in [0, 0.1) is 11.8 Å². The van der Waals surface area contributed by atoms with E-state index in [2.05, 4.69) is 17.5 Å². The molecule has 13 heavy (non-hydrogen) atoms. The molecule has 3 unspecified atom stereocenters. The van der Waals surface area contributed by atoms with Crippen LogP contribution in [0.2, 0.25) is 0 Å². The molecule has 72 valence electrons. The van der Waals surface area contributed by atoms with Crippen molar-refractivity contribution in [2.75, 3.05) is 13.2 Å². The van der Waals surface area contributed by atoms with E-state index in [4.69, 9.17) is 4.74 Å². The lowest BCUT2D eigenvalue weighted by Gasteiger charge is -2.38. The fourth-order valence-corrected chi connectivity index (χ4v) is 2.12. The van der Waals surface area contributed by atoms with Gasteiger partial charge in [-0.2, -0.15) is 0 Å². The van der Waals surface area contributed by atoms with Gasteiger partial charge in [-0.3, -0.25) is 4.79 Å². The maximum atomic E-state index is 10.6. The topological polar surface area (TPSA) is 38.3 Å². The lowest BCUT2D eigenvalue weighted by atomic mass is 9.79. The van der Waals surface area contributed by atoms with Gasteiger partial charge in [-0.05, 0) is 12.3 Å². The molecule has 0 aromatic heterocycles. The zero-order valence-corrected chi connectivity index (χ0v) is 7.82. The van der Waals surface area contributed by atoms with E-state index in [-0.39, 0.29) is 5.97 Å². The average molecular weight is 181 g/mol. The van der Waals surface area contributed by atoms with Crippen molar-refractivity contribution in [3.05, 3.63) is 12.2 Å². The maximum Gasteiger partial charge on any atom is 0.302 e. The number of carbonyl (C=O) groups excluding carboxylic acids is 1. The van der Waals surface area contributed by atoms with Crippen molar-refractivity contribution in [2.45, 2.75) is 19.4 Å². The second-order valence-electron chi connectivity index (χ2n) is 3.88. The summed E-state index contributed by atoms with van der Waals surface area (Å²) < 4.78 is 5.02. The maximum absolute atomic E-state index is 10.6. The quantitative estimate of drug-likeness (QED) is 0.504. The molecule has 1 saturated heterocycles. The lowest BCUT2D eigenvalue weighted by molar-refractivity contribution is -0.142. The summed E-state index contributed by atoms with van der Waals surface area (Å²) in [5.74, 6) is 0.948. The molecule has 3 rings (SSSR count). The highest BCUT2D eigenvalue weighted by Crippen LogP contribution is 2.28. The molecule has 1 aliphatic carbocycles. The number of carbonyl (C=O) groups is 1.